The van der Waals surface area contributed by atoms with Crippen LogP contribution in [0.1, 0.15) is 23.7 Å². The first kappa shape index (κ1) is 16.6. The molecule has 0 saturated carbocycles. The van der Waals surface area contributed by atoms with Crippen molar-refractivity contribution in [3.8, 4) is 11.1 Å². The summed E-state index contributed by atoms with van der Waals surface area (Å²) in [5.74, 6) is -0.631. The lowest BCUT2D eigenvalue weighted by Crippen LogP contribution is -2.15. The predicted molar refractivity (Wildman–Crippen MR) is 98.6 cm³/mol. The van der Waals surface area contributed by atoms with Crippen LogP contribution in [0.4, 0.5) is 15.8 Å². The summed E-state index contributed by atoms with van der Waals surface area (Å²) >= 11 is 0. The summed E-state index contributed by atoms with van der Waals surface area (Å²) in [6, 6.07) is 4.49. The number of aromatic nitrogens is 2. The number of nitrogen functional groups attached to an aromatic ring is 2. The highest BCUT2D eigenvalue weighted by molar-refractivity contribution is 6.05. The molecule has 2 aromatic heterocycles. The van der Waals surface area contributed by atoms with E-state index in [4.69, 9.17) is 16.9 Å². The van der Waals surface area contributed by atoms with Crippen molar-refractivity contribution < 1.29 is 4.39 Å². The fourth-order valence-electron chi connectivity index (χ4n) is 2.98. The summed E-state index contributed by atoms with van der Waals surface area (Å²) in [5, 5.41) is 7.60. The second-order valence-corrected chi connectivity index (χ2v) is 5.81. The molecule has 0 fully saturated rings. The Balaban J connectivity index is 2.52. The first-order chi connectivity index (χ1) is 11.9. The number of aryl methyl sites for hydroxylation is 2. The Morgan fingerprint density at radius 3 is 2.68 bits per heavy atom. The molecule has 3 aromatic rings. The number of nitrogens with zero attached hydrogens (tertiary/aromatic N) is 1. The molecule has 0 saturated heterocycles. The molecule has 0 atom stereocenters. The molecule has 0 radical (unpaired) electrons. The van der Waals surface area contributed by atoms with Crippen molar-refractivity contribution in [3.63, 3.8) is 0 Å². The van der Waals surface area contributed by atoms with E-state index in [1.54, 1.807) is 0 Å². The molecule has 0 aliphatic rings. The predicted octanol–water partition coefficient (Wildman–Crippen LogP) is 2.76. The van der Waals surface area contributed by atoms with Crippen LogP contribution in [-0.2, 0) is 6.42 Å². The number of pyridine rings is 2. The van der Waals surface area contributed by atoms with E-state index < -0.39 is 11.4 Å². The fraction of sp³-hybridized carbons (Fsp3) is 0.167. The Labute approximate surface area is 143 Å². The third-order valence-electron chi connectivity index (χ3n) is 4.30. The maximum atomic E-state index is 13.8. The van der Waals surface area contributed by atoms with Gasteiger partial charge < -0.3 is 21.9 Å². The molecule has 0 aliphatic carbocycles. The van der Waals surface area contributed by atoms with Crippen LogP contribution in [0.15, 0.2) is 23.0 Å². The van der Waals surface area contributed by atoms with Gasteiger partial charge in [0.15, 0.2) is 0 Å². The summed E-state index contributed by atoms with van der Waals surface area (Å²) in [6.07, 6.45) is 1.67. The van der Waals surface area contributed by atoms with Crippen LogP contribution in [0.25, 0.3) is 22.2 Å². The lowest BCUT2D eigenvalue weighted by Gasteiger charge is -2.15. The minimum absolute atomic E-state index is 0.0417. The number of rotatable bonds is 3. The van der Waals surface area contributed by atoms with E-state index in [9.17, 15) is 9.18 Å². The van der Waals surface area contributed by atoms with Crippen LogP contribution >= 0.6 is 0 Å². The summed E-state index contributed by atoms with van der Waals surface area (Å²) in [4.78, 5) is 19.6. The smallest absolute Gasteiger partial charge is 0.272 e. The van der Waals surface area contributed by atoms with Crippen LogP contribution in [0.2, 0.25) is 0 Å². The van der Waals surface area contributed by atoms with Crippen LogP contribution in [0.5, 0.6) is 0 Å². The van der Waals surface area contributed by atoms with Gasteiger partial charge in [-0.1, -0.05) is 13.0 Å². The molecule has 6 N–H and O–H groups in total. The number of anilines is 2. The van der Waals surface area contributed by atoms with E-state index in [-0.39, 0.29) is 16.9 Å². The van der Waals surface area contributed by atoms with E-state index in [2.05, 4.69) is 9.97 Å². The number of fused-ring (bicyclic) bond motifs is 1. The van der Waals surface area contributed by atoms with Gasteiger partial charge in [-0.2, -0.15) is 0 Å². The van der Waals surface area contributed by atoms with Crippen molar-refractivity contribution in [3.05, 3.63) is 51.2 Å². The Bertz CT molecular complexity index is 1070. The van der Waals surface area contributed by atoms with Crippen LogP contribution in [0.3, 0.4) is 0 Å². The Morgan fingerprint density at radius 1 is 1.32 bits per heavy atom. The lowest BCUT2D eigenvalue weighted by atomic mass is 9.96. The molecule has 128 valence electrons. The van der Waals surface area contributed by atoms with Gasteiger partial charge in [0.25, 0.3) is 5.56 Å². The third kappa shape index (κ3) is 2.53. The standard InChI is InChI=1S/C18H18FN5O/c1-3-12-8(2)6-13-17(23-12)14(16(22)18(25)24-13)9-4-5-11(19)15(21)10(9)7-20/h4-7,20H,3,21-22H2,1-2H3,(H,24,25). The maximum Gasteiger partial charge on any atom is 0.272 e. The second-order valence-electron chi connectivity index (χ2n) is 5.81. The third-order valence-corrected chi connectivity index (χ3v) is 4.30. The number of halogens is 1. The van der Waals surface area contributed by atoms with Gasteiger partial charge in [0.1, 0.15) is 11.5 Å². The molecule has 2 heterocycles. The van der Waals surface area contributed by atoms with Gasteiger partial charge in [0, 0.05) is 23.0 Å². The highest BCUT2D eigenvalue weighted by Crippen LogP contribution is 2.35. The summed E-state index contributed by atoms with van der Waals surface area (Å²) in [6.45, 7) is 3.90. The molecule has 0 unspecified atom stereocenters. The van der Waals surface area contributed by atoms with Crippen molar-refractivity contribution in [2.75, 3.05) is 11.5 Å². The molecule has 7 heteroatoms. The molecule has 0 bridgehead atoms. The zero-order valence-corrected chi connectivity index (χ0v) is 13.9. The van der Waals surface area contributed by atoms with E-state index in [0.717, 1.165) is 17.5 Å². The summed E-state index contributed by atoms with van der Waals surface area (Å²) in [7, 11) is 0. The van der Waals surface area contributed by atoms with E-state index >= 15 is 0 Å². The van der Waals surface area contributed by atoms with Gasteiger partial charge in [-0.3, -0.25) is 9.78 Å². The lowest BCUT2D eigenvalue weighted by molar-refractivity contribution is 0.632. The molecular formula is C18H18FN5O. The number of hydrogen-bond donors (Lipinski definition) is 4. The van der Waals surface area contributed by atoms with Crippen molar-refractivity contribution >= 4 is 28.6 Å². The average molecular weight is 339 g/mol. The van der Waals surface area contributed by atoms with Crippen LogP contribution in [0, 0.1) is 18.2 Å². The van der Waals surface area contributed by atoms with E-state index in [0.29, 0.717) is 28.6 Å². The largest absolute Gasteiger partial charge is 0.396 e. The normalized spacial score (nSPS) is 11.0. The fourth-order valence-corrected chi connectivity index (χ4v) is 2.98. The molecule has 0 spiro atoms. The average Bonchev–Trinajstić information content (AvgIpc) is 2.59. The number of H-pyrrole nitrogens is 1. The number of nitrogens with one attached hydrogen (secondary N) is 2. The second kappa shape index (κ2) is 6.01. The van der Waals surface area contributed by atoms with Gasteiger partial charge in [-0.15, -0.1) is 0 Å². The molecule has 1 aromatic carbocycles. The molecule has 6 nitrogen and oxygen atoms in total. The van der Waals surface area contributed by atoms with Crippen LogP contribution in [-0.4, -0.2) is 16.2 Å². The zero-order chi connectivity index (χ0) is 18.3. The zero-order valence-electron chi connectivity index (χ0n) is 13.9. The Morgan fingerprint density at radius 2 is 2.04 bits per heavy atom. The van der Waals surface area contributed by atoms with Crippen molar-refractivity contribution in [1.82, 2.24) is 9.97 Å². The Hall–Kier alpha value is -3.22. The number of nitrogens with two attached hydrogens (primary N) is 2. The first-order valence-corrected chi connectivity index (χ1v) is 7.79. The topological polar surface area (TPSA) is 122 Å². The first-order valence-electron chi connectivity index (χ1n) is 7.79. The van der Waals surface area contributed by atoms with Gasteiger partial charge in [-0.25, -0.2) is 4.39 Å². The SMILES string of the molecule is CCc1nc2c(-c3ccc(F)c(N)c3C=N)c(N)c(=O)[nH]c2cc1C. The highest BCUT2D eigenvalue weighted by atomic mass is 19.1. The van der Waals surface area contributed by atoms with Gasteiger partial charge >= 0.3 is 0 Å². The maximum absolute atomic E-state index is 13.8. The van der Waals surface area contributed by atoms with Gasteiger partial charge in [0.05, 0.1) is 16.7 Å². The van der Waals surface area contributed by atoms with Crippen LogP contribution < -0.4 is 17.0 Å². The molecule has 0 amide bonds. The van der Waals surface area contributed by atoms with Crippen molar-refractivity contribution in [2.24, 2.45) is 0 Å². The minimum atomic E-state index is -0.631. The van der Waals surface area contributed by atoms with E-state index in [1.807, 2.05) is 19.9 Å². The molecule has 25 heavy (non-hydrogen) atoms. The Kier molecular flexibility index (Phi) is 4.00. The summed E-state index contributed by atoms with van der Waals surface area (Å²) in [5.41, 5.74) is 14.9. The van der Waals surface area contributed by atoms with Gasteiger partial charge in [0.2, 0.25) is 0 Å². The van der Waals surface area contributed by atoms with Crippen molar-refractivity contribution in [2.45, 2.75) is 20.3 Å². The highest BCUT2D eigenvalue weighted by Gasteiger charge is 2.19. The number of hydrogen-bond acceptors (Lipinski definition) is 5. The molecule has 3 rings (SSSR count). The van der Waals surface area contributed by atoms with Crippen molar-refractivity contribution in [1.29, 1.82) is 5.41 Å². The monoisotopic (exact) mass is 339 g/mol. The van der Waals surface area contributed by atoms with Gasteiger partial charge in [-0.05, 0) is 36.6 Å². The van der Waals surface area contributed by atoms with E-state index in [1.165, 1.54) is 12.1 Å². The number of aromatic amines is 1. The minimum Gasteiger partial charge on any atom is -0.396 e. The summed E-state index contributed by atoms with van der Waals surface area (Å²) < 4.78 is 13.8. The molecule has 0 aliphatic heterocycles. The molecular weight excluding hydrogens is 321 g/mol. The number of benzene rings is 1. The quantitative estimate of drug-likeness (QED) is 0.433.